The van der Waals surface area contributed by atoms with Gasteiger partial charge in [0.25, 0.3) is 0 Å². The summed E-state index contributed by atoms with van der Waals surface area (Å²) in [5.74, 6) is -1.79. The number of benzene rings is 1. The Balaban J connectivity index is 2.65. The Labute approximate surface area is 102 Å². The van der Waals surface area contributed by atoms with Crippen LogP contribution in [0.15, 0.2) is 18.2 Å². The monoisotopic (exact) mass is 257 g/mol. The van der Waals surface area contributed by atoms with Gasteiger partial charge >= 0.3 is 11.7 Å². The zero-order valence-corrected chi connectivity index (χ0v) is 9.63. The Bertz CT molecular complexity index is 463. The number of hydrogen-bond acceptors (Lipinski definition) is 4. The summed E-state index contributed by atoms with van der Waals surface area (Å²) in [5, 5.41) is 18.9. The molecule has 1 aromatic carbocycles. The van der Waals surface area contributed by atoms with Crippen molar-refractivity contribution in [2.45, 2.75) is 25.9 Å². The van der Waals surface area contributed by atoms with Gasteiger partial charge in [0.2, 0.25) is 5.82 Å². The molecule has 0 fully saturated rings. The van der Waals surface area contributed by atoms with Crippen molar-refractivity contribution < 1.29 is 24.0 Å². The van der Waals surface area contributed by atoms with Gasteiger partial charge in [0, 0.05) is 18.6 Å². The van der Waals surface area contributed by atoms with E-state index in [1.165, 1.54) is 6.07 Å². The first-order chi connectivity index (χ1) is 8.40. The van der Waals surface area contributed by atoms with Crippen LogP contribution < -0.4 is 4.74 Å². The van der Waals surface area contributed by atoms with Gasteiger partial charge in [-0.05, 0) is 19.4 Å². The number of hydrogen-bond donors (Lipinski definition) is 1. The summed E-state index contributed by atoms with van der Waals surface area (Å²) in [6.07, 6.45) is -0.202. The highest BCUT2D eigenvalue weighted by Gasteiger charge is 2.15. The van der Waals surface area contributed by atoms with Crippen LogP contribution in [0.25, 0.3) is 0 Å². The number of ether oxygens (including phenoxy) is 1. The van der Waals surface area contributed by atoms with E-state index >= 15 is 0 Å². The summed E-state index contributed by atoms with van der Waals surface area (Å²) in [6, 6.07) is 3.20. The van der Waals surface area contributed by atoms with Crippen LogP contribution in [0.3, 0.4) is 0 Å². The van der Waals surface area contributed by atoms with E-state index in [2.05, 4.69) is 0 Å². The Morgan fingerprint density at radius 1 is 1.61 bits per heavy atom. The summed E-state index contributed by atoms with van der Waals surface area (Å²) in [6.45, 7) is 1.64. The number of nitrogens with zero attached hydrogens (tertiary/aromatic N) is 1. The minimum atomic E-state index is -0.983. The predicted octanol–water partition coefficient (Wildman–Crippen LogP) is 2.37. The summed E-state index contributed by atoms with van der Waals surface area (Å²) in [5.41, 5.74) is -0.625. The lowest BCUT2D eigenvalue weighted by Gasteiger charge is -2.13. The molecule has 7 heteroatoms. The van der Waals surface area contributed by atoms with Crippen molar-refractivity contribution in [1.82, 2.24) is 0 Å². The van der Waals surface area contributed by atoms with Gasteiger partial charge in [-0.3, -0.25) is 14.9 Å². The van der Waals surface area contributed by atoms with Gasteiger partial charge < -0.3 is 9.84 Å². The third-order valence-corrected chi connectivity index (χ3v) is 2.22. The van der Waals surface area contributed by atoms with E-state index in [9.17, 15) is 19.3 Å². The molecular weight excluding hydrogens is 245 g/mol. The topological polar surface area (TPSA) is 89.7 Å². The number of nitro benzene ring substituents is 1. The third kappa shape index (κ3) is 4.00. The van der Waals surface area contributed by atoms with Gasteiger partial charge in [-0.2, -0.15) is 4.39 Å². The van der Waals surface area contributed by atoms with E-state index in [0.717, 1.165) is 12.1 Å². The van der Waals surface area contributed by atoms with E-state index in [0.29, 0.717) is 0 Å². The maximum atomic E-state index is 13.2. The largest absolute Gasteiger partial charge is 0.491 e. The normalized spacial score (nSPS) is 11.9. The van der Waals surface area contributed by atoms with Crippen LogP contribution in [0.2, 0.25) is 0 Å². The summed E-state index contributed by atoms with van der Waals surface area (Å²) < 4.78 is 18.5. The lowest BCUT2D eigenvalue weighted by Crippen LogP contribution is -2.13. The molecule has 1 rings (SSSR count). The standard InChI is InChI=1S/C11H12FNO5/c1-7(2-5-11(14)15)18-8-3-4-10(13(16)17)9(12)6-8/h3-4,6-7H,2,5H2,1H3,(H,14,15). The molecular formula is C11H12FNO5. The first kappa shape index (κ1) is 13.9. The second-order valence-corrected chi connectivity index (χ2v) is 3.73. The first-order valence-electron chi connectivity index (χ1n) is 5.22. The number of carboxylic acids is 1. The van der Waals surface area contributed by atoms with Crippen LogP contribution >= 0.6 is 0 Å². The van der Waals surface area contributed by atoms with Crippen LogP contribution in [-0.4, -0.2) is 22.1 Å². The fourth-order valence-electron chi connectivity index (χ4n) is 1.33. The molecule has 0 radical (unpaired) electrons. The molecule has 98 valence electrons. The van der Waals surface area contributed by atoms with Gasteiger partial charge in [-0.1, -0.05) is 0 Å². The first-order valence-corrected chi connectivity index (χ1v) is 5.22. The van der Waals surface area contributed by atoms with Crippen LogP contribution in [0.4, 0.5) is 10.1 Å². The molecule has 1 atom stereocenters. The molecule has 1 unspecified atom stereocenters. The third-order valence-electron chi connectivity index (χ3n) is 2.22. The minimum absolute atomic E-state index is 0.0589. The minimum Gasteiger partial charge on any atom is -0.491 e. The van der Waals surface area contributed by atoms with Crippen molar-refractivity contribution >= 4 is 11.7 Å². The second-order valence-electron chi connectivity index (χ2n) is 3.73. The number of rotatable bonds is 6. The molecule has 0 amide bonds. The number of aliphatic carboxylic acids is 1. The van der Waals surface area contributed by atoms with Crippen molar-refractivity contribution in [2.75, 3.05) is 0 Å². The number of carboxylic acid groups (broad SMARTS) is 1. The van der Waals surface area contributed by atoms with E-state index < -0.39 is 28.5 Å². The Kier molecular flexibility index (Phi) is 4.59. The lowest BCUT2D eigenvalue weighted by molar-refractivity contribution is -0.387. The quantitative estimate of drug-likeness (QED) is 0.624. The molecule has 0 saturated heterocycles. The van der Waals surface area contributed by atoms with Crippen molar-refractivity contribution in [2.24, 2.45) is 0 Å². The molecule has 0 saturated carbocycles. The van der Waals surface area contributed by atoms with Gasteiger partial charge in [0.1, 0.15) is 5.75 Å². The predicted molar refractivity (Wildman–Crippen MR) is 60.0 cm³/mol. The molecule has 0 aliphatic rings. The van der Waals surface area contributed by atoms with Crippen molar-refractivity contribution in [1.29, 1.82) is 0 Å². The van der Waals surface area contributed by atoms with Crippen molar-refractivity contribution in [3.8, 4) is 5.75 Å². The Morgan fingerprint density at radius 3 is 2.78 bits per heavy atom. The molecule has 0 aliphatic carbocycles. The molecule has 0 aliphatic heterocycles. The van der Waals surface area contributed by atoms with E-state index in [1.807, 2.05) is 0 Å². The van der Waals surface area contributed by atoms with Crippen molar-refractivity contribution in [3.63, 3.8) is 0 Å². The van der Waals surface area contributed by atoms with Crippen LogP contribution in [0.5, 0.6) is 5.75 Å². The average Bonchev–Trinajstić information content (AvgIpc) is 2.26. The van der Waals surface area contributed by atoms with Crippen LogP contribution in [0, 0.1) is 15.9 Å². The van der Waals surface area contributed by atoms with Gasteiger partial charge in [-0.15, -0.1) is 0 Å². The average molecular weight is 257 g/mol. The Morgan fingerprint density at radius 2 is 2.28 bits per heavy atom. The molecule has 1 aromatic rings. The highest BCUT2D eigenvalue weighted by atomic mass is 19.1. The molecule has 1 N–H and O–H groups in total. The Hall–Kier alpha value is -2.18. The smallest absolute Gasteiger partial charge is 0.305 e. The zero-order chi connectivity index (χ0) is 13.7. The molecule has 0 heterocycles. The summed E-state index contributed by atoms with van der Waals surface area (Å²) >= 11 is 0. The molecule has 18 heavy (non-hydrogen) atoms. The number of nitro groups is 1. The maximum absolute atomic E-state index is 13.2. The van der Waals surface area contributed by atoms with Gasteiger partial charge in [-0.25, -0.2) is 0 Å². The zero-order valence-electron chi connectivity index (χ0n) is 9.63. The molecule has 0 spiro atoms. The summed E-state index contributed by atoms with van der Waals surface area (Å²) in [7, 11) is 0. The fourth-order valence-corrected chi connectivity index (χ4v) is 1.33. The number of halogens is 1. The number of carbonyl (C=O) groups is 1. The molecule has 6 nitrogen and oxygen atoms in total. The van der Waals surface area contributed by atoms with Crippen molar-refractivity contribution in [3.05, 3.63) is 34.1 Å². The lowest BCUT2D eigenvalue weighted by atomic mass is 10.2. The van der Waals surface area contributed by atoms with Crippen LogP contribution in [0.1, 0.15) is 19.8 Å². The molecule has 0 bridgehead atoms. The summed E-state index contributed by atoms with van der Waals surface area (Å²) in [4.78, 5) is 19.9. The van der Waals surface area contributed by atoms with E-state index in [4.69, 9.17) is 9.84 Å². The van der Waals surface area contributed by atoms with Crippen LogP contribution in [-0.2, 0) is 4.79 Å². The highest BCUT2D eigenvalue weighted by molar-refractivity contribution is 5.66. The SMILES string of the molecule is CC(CCC(=O)O)Oc1ccc([N+](=O)[O-])c(F)c1. The second kappa shape index (κ2) is 5.95. The fraction of sp³-hybridized carbons (Fsp3) is 0.364. The molecule has 0 aromatic heterocycles. The van der Waals surface area contributed by atoms with E-state index in [1.54, 1.807) is 6.92 Å². The highest BCUT2D eigenvalue weighted by Crippen LogP contribution is 2.23. The van der Waals surface area contributed by atoms with Gasteiger partial charge in [0.05, 0.1) is 11.0 Å². The maximum Gasteiger partial charge on any atom is 0.305 e. The van der Waals surface area contributed by atoms with Gasteiger partial charge in [0.15, 0.2) is 0 Å². The van der Waals surface area contributed by atoms with E-state index in [-0.39, 0.29) is 18.6 Å².